The number of anilines is 1. The minimum absolute atomic E-state index is 0.142. The average Bonchev–Trinajstić information content (AvgIpc) is 3.17. The summed E-state index contributed by atoms with van der Waals surface area (Å²) in [4.78, 5) is 12.6. The number of rotatable bonds is 5. The Labute approximate surface area is 171 Å². The van der Waals surface area contributed by atoms with Crippen molar-refractivity contribution in [2.75, 3.05) is 5.32 Å². The lowest BCUT2D eigenvalue weighted by molar-refractivity contribution is 0.0993. The molecule has 1 aromatic heterocycles. The van der Waals surface area contributed by atoms with Gasteiger partial charge < -0.3 is 14.5 Å². The van der Waals surface area contributed by atoms with Gasteiger partial charge in [0.1, 0.15) is 18.1 Å². The van der Waals surface area contributed by atoms with E-state index in [0.29, 0.717) is 21.6 Å². The summed E-state index contributed by atoms with van der Waals surface area (Å²) in [5, 5.41) is 5.85. The summed E-state index contributed by atoms with van der Waals surface area (Å²) >= 11 is 12.0. The van der Waals surface area contributed by atoms with Crippen molar-refractivity contribution in [3.8, 4) is 5.75 Å². The zero-order chi connectivity index (χ0) is 19.5. The van der Waals surface area contributed by atoms with Gasteiger partial charge in [-0.15, -0.1) is 0 Å². The Morgan fingerprint density at radius 3 is 2.64 bits per heavy atom. The van der Waals surface area contributed by atoms with E-state index in [9.17, 15) is 4.79 Å². The third kappa shape index (κ3) is 3.98. The Morgan fingerprint density at radius 2 is 1.79 bits per heavy atom. The molecule has 0 radical (unpaired) electrons. The molecular formula is C22H15Cl2NO3. The van der Waals surface area contributed by atoms with Gasteiger partial charge in [0.15, 0.2) is 5.76 Å². The highest BCUT2D eigenvalue weighted by molar-refractivity contribution is 6.35. The van der Waals surface area contributed by atoms with Gasteiger partial charge in [-0.05, 0) is 41.8 Å². The van der Waals surface area contributed by atoms with E-state index in [1.807, 2.05) is 42.5 Å². The number of hydrogen-bond acceptors (Lipinski definition) is 3. The predicted molar refractivity (Wildman–Crippen MR) is 111 cm³/mol. The van der Waals surface area contributed by atoms with Crippen molar-refractivity contribution in [2.24, 2.45) is 0 Å². The SMILES string of the molecule is O=C(Nc1cccc2ccccc12)c1ccc(COc2ccc(Cl)cc2Cl)o1. The van der Waals surface area contributed by atoms with Crippen molar-refractivity contribution >= 4 is 45.6 Å². The van der Waals surface area contributed by atoms with E-state index in [2.05, 4.69) is 5.32 Å². The minimum atomic E-state index is -0.327. The fourth-order valence-corrected chi connectivity index (χ4v) is 3.30. The van der Waals surface area contributed by atoms with Gasteiger partial charge in [0.25, 0.3) is 5.91 Å². The van der Waals surface area contributed by atoms with Crippen molar-refractivity contribution in [3.63, 3.8) is 0 Å². The van der Waals surface area contributed by atoms with Crippen LogP contribution in [0.1, 0.15) is 16.3 Å². The molecule has 0 spiro atoms. The van der Waals surface area contributed by atoms with Crippen LogP contribution in [0.3, 0.4) is 0 Å². The standard InChI is InChI=1S/C22H15Cl2NO3/c23-15-8-10-20(18(24)12-15)27-13-16-9-11-21(28-16)22(26)25-19-7-3-5-14-4-1-2-6-17(14)19/h1-12H,13H2,(H,25,26). The fourth-order valence-electron chi connectivity index (χ4n) is 2.84. The van der Waals surface area contributed by atoms with E-state index in [1.54, 1.807) is 30.3 Å². The molecule has 0 saturated heterocycles. The quantitative estimate of drug-likeness (QED) is 0.403. The third-order valence-electron chi connectivity index (χ3n) is 4.19. The van der Waals surface area contributed by atoms with Gasteiger partial charge in [-0.25, -0.2) is 0 Å². The lowest BCUT2D eigenvalue weighted by Gasteiger charge is -2.08. The molecule has 4 nitrogen and oxygen atoms in total. The van der Waals surface area contributed by atoms with Gasteiger partial charge >= 0.3 is 0 Å². The van der Waals surface area contributed by atoms with Gasteiger partial charge in [-0.2, -0.15) is 0 Å². The summed E-state index contributed by atoms with van der Waals surface area (Å²) in [6, 6.07) is 21.9. The maximum atomic E-state index is 12.6. The van der Waals surface area contributed by atoms with E-state index in [-0.39, 0.29) is 18.3 Å². The zero-order valence-electron chi connectivity index (χ0n) is 14.6. The maximum absolute atomic E-state index is 12.6. The molecule has 0 atom stereocenters. The normalized spacial score (nSPS) is 10.8. The number of nitrogens with one attached hydrogen (secondary N) is 1. The number of fused-ring (bicyclic) bond motifs is 1. The summed E-state index contributed by atoms with van der Waals surface area (Å²) in [5.74, 6) is 0.874. The monoisotopic (exact) mass is 411 g/mol. The highest BCUT2D eigenvalue weighted by Gasteiger charge is 2.13. The second kappa shape index (κ2) is 7.97. The molecule has 1 N–H and O–H groups in total. The van der Waals surface area contributed by atoms with Crippen LogP contribution in [0.25, 0.3) is 10.8 Å². The van der Waals surface area contributed by atoms with Crippen LogP contribution in [0.15, 0.2) is 77.2 Å². The van der Waals surface area contributed by atoms with E-state index >= 15 is 0 Å². The van der Waals surface area contributed by atoms with Crippen molar-refractivity contribution in [2.45, 2.75) is 6.61 Å². The summed E-state index contributed by atoms with van der Waals surface area (Å²) in [6.07, 6.45) is 0. The molecule has 1 amide bonds. The Morgan fingerprint density at radius 1 is 0.964 bits per heavy atom. The van der Waals surface area contributed by atoms with Gasteiger partial charge in [0.05, 0.1) is 5.02 Å². The summed E-state index contributed by atoms with van der Waals surface area (Å²) in [5.41, 5.74) is 0.727. The molecule has 0 unspecified atom stereocenters. The topological polar surface area (TPSA) is 51.5 Å². The summed E-state index contributed by atoms with van der Waals surface area (Å²) < 4.78 is 11.2. The Balaban J connectivity index is 1.45. The molecule has 0 bridgehead atoms. The Kier molecular flexibility index (Phi) is 5.24. The lowest BCUT2D eigenvalue weighted by atomic mass is 10.1. The van der Waals surface area contributed by atoms with Crippen LogP contribution in [0, 0.1) is 0 Å². The number of benzene rings is 3. The minimum Gasteiger partial charge on any atom is -0.484 e. The number of amides is 1. The van der Waals surface area contributed by atoms with Crippen molar-refractivity contribution in [1.29, 1.82) is 0 Å². The molecule has 1 heterocycles. The first-order valence-corrected chi connectivity index (χ1v) is 9.31. The van der Waals surface area contributed by atoms with E-state index < -0.39 is 0 Å². The number of carbonyl (C=O) groups excluding carboxylic acids is 1. The van der Waals surface area contributed by atoms with Crippen molar-refractivity contribution in [1.82, 2.24) is 0 Å². The number of carbonyl (C=O) groups is 1. The Bertz CT molecular complexity index is 1150. The van der Waals surface area contributed by atoms with Crippen LogP contribution in [-0.4, -0.2) is 5.91 Å². The molecule has 140 valence electrons. The molecule has 4 rings (SSSR count). The predicted octanol–water partition coefficient (Wildman–Crippen LogP) is 6.57. The number of halogens is 2. The van der Waals surface area contributed by atoms with E-state index in [4.69, 9.17) is 32.4 Å². The molecular weight excluding hydrogens is 397 g/mol. The smallest absolute Gasteiger partial charge is 0.291 e. The third-order valence-corrected chi connectivity index (χ3v) is 4.72. The lowest BCUT2D eigenvalue weighted by Crippen LogP contribution is -2.11. The molecule has 0 aliphatic carbocycles. The molecule has 0 aliphatic heterocycles. The fraction of sp³-hybridized carbons (Fsp3) is 0.0455. The molecule has 0 aliphatic rings. The highest BCUT2D eigenvalue weighted by Crippen LogP contribution is 2.28. The second-order valence-electron chi connectivity index (χ2n) is 6.11. The van der Waals surface area contributed by atoms with Crippen LogP contribution in [0.4, 0.5) is 5.69 Å². The first-order chi connectivity index (χ1) is 13.6. The van der Waals surface area contributed by atoms with Gasteiger partial charge in [0.2, 0.25) is 0 Å². The molecule has 3 aromatic carbocycles. The number of hydrogen-bond donors (Lipinski definition) is 1. The summed E-state index contributed by atoms with van der Waals surface area (Å²) in [6.45, 7) is 0.142. The van der Waals surface area contributed by atoms with Crippen molar-refractivity contribution in [3.05, 3.63) is 94.4 Å². The van der Waals surface area contributed by atoms with Crippen molar-refractivity contribution < 1.29 is 13.9 Å². The van der Waals surface area contributed by atoms with Gasteiger partial charge in [-0.3, -0.25) is 4.79 Å². The van der Waals surface area contributed by atoms with Gasteiger partial charge in [0, 0.05) is 16.1 Å². The first kappa shape index (κ1) is 18.4. The number of ether oxygens (including phenoxy) is 1. The van der Waals surface area contributed by atoms with Crippen LogP contribution >= 0.6 is 23.2 Å². The first-order valence-electron chi connectivity index (χ1n) is 8.56. The largest absolute Gasteiger partial charge is 0.484 e. The highest BCUT2D eigenvalue weighted by atomic mass is 35.5. The molecule has 4 aromatic rings. The van der Waals surface area contributed by atoms with E-state index in [1.165, 1.54) is 0 Å². The average molecular weight is 412 g/mol. The molecule has 0 saturated carbocycles. The van der Waals surface area contributed by atoms with Gasteiger partial charge in [-0.1, -0.05) is 59.6 Å². The summed E-state index contributed by atoms with van der Waals surface area (Å²) in [7, 11) is 0. The van der Waals surface area contributed by atoms with Crippen LogP contribution in [-0.2, 0) is 6.61 Å². The molecule has 28 heavy (non-hydrogen) atoms. The maximum Gasteiger partial charge on any atom is 0.291 e. The van der Waals surface area contributed by atoms with Crippen LogP contribution in [0.2, 0.25) is 10.0 Å². The zero-order valence-corrected chi connectivity index (χ0v) is 16.1. The second-order valence-corrected chi connectivity index (χ2v) is 6.95. The van der Waals surface area contributed by atoms with E-state index in [0.717, 1.165) is 16.5 Å². The molecule has 6 heteroatoms. The number of furan rings is 1. The Hall–Kier alpha value is -2.95. The van der Waals surface area contributed by atoms with Crippen LogP contribution in [0.5, 0.6) is 5.75 Å². The van der Waals surface area contributed by atoms with Crippen LogP contribution < -0.4 is 10.1 Å². The molecule has 0 fully saturated rings.